The molecule has 112 valence electrons. The third-order valence-corrected chi connectivity index (χ3v) is 5.72. The summed E-state index contributed by atoms with van der Waals surface area (Å²) in [7, 11) is -0.712. The molecule has 0 radical (unpaired) electrons. The second kappa shape index (κ2) is 6.32. The molecule has 0 aromatic rings. The van der Waals surface area contributed by atoms with Gasteiger partial charge in [0, 0.05) is 19.0 Å². The summed E-state index contributed by atoms with van der Waals surface area (Å²) in [6.45, 7) is 19.3. The zero-order chi connectivity index (χ0) is 15.6. The van der Waals surface area contributed by atoms with Crippen LogP contribution >= 0.6 is 32.4 Å². The standard InChI is InChI=1S/C14H29N2PS2/c1-12(2,3)15-10(18)17(14(7,8)9)11(19)16-13(4,5)6/h1-9H3,(H,15,18)(H,16,19). The minimum atomic E-state index is -0.712. The lowest BCUT2D eigenvalue weighted by atomic mass is 10.1. The molecular weight excluding hydrogens is 291 g/mol. The van der Waals surface area contributed by atoms with Gasteiger partial charge in [-0.2, -0.15) is 0 Å². The van der Waals surface area contributed by atoms with Gasteiger partial charge >= 0.3 is 0 Å². The largest absolute Gasteiger partial charge is 0.371 e. The first-order chi connectivity index (χ1) is 8.13. The van der Waals surface area contributed by atoms with E-state index in [4.69, 9.17) is 24.4 Å². The van der Waals surface area contributed by atoms with Crippen LogP contribution in [0.1, 0.15) is 62.3 Å². The summed E-state index contributed by atoms with van der Waals surface area (Å²) in [6.07, 6.45) is 0. The lowest BCUT2D eigenvalue weighted by Crippen LogP contribution is -2.46. The summed E-state index contributed by atoms with van der Waals surface area (Å²) in [6, 6.07) is 0. The second-order valence-corrected chi connectivity index (χ2v) is 12.2. The molecule has 0 aromatic carbocycles. The van der Waals surface area contributed by atoms with E-state index in [0.29, 0.717) is 0 Å². The van der Waals surface area contributed by atoms with Gasteiger partial charge in [0.1, 0.15) is 9.46 Å². The SMILES string of the molecule is CC(C)(C)NC(=S)P(C(=S)NC(C)(C)C)C(C)(C)C. The van der Waals surface area contributed by atoms with Crippen molar-refractivity contribution in [3.8, 4) is 0 Å². The molecule has 0 aliphatic carbocycles. The number of rotatable bonds is 2. The Balaban J connectivity index is 5.15. The first-order valence-corrected chi connectivity index (χ1v) is 8.74. The van der Waals surface area contributed by atoms with E-state index in [1.54, 1.807) is 0 Å². The molecule has 0 atom stereocenters. The summed E-state index contributed by atoms with van der Waals surface area (Å²) in [4.78, 5) is 0. The molecule has 0 aromatic heterocycles. The predicted octanol–water partition coefficient (Wildman–Crippen LogP) is 4.61. The van der Waals surface area contributed by atoms with E-state index in [0.717, 1.165) is 9.46 Å². The van der Waals surface area contributed by atoms with Gasteiger partial charge in [0.15, 0.2) is 0 Å². The van der Waals surface area contributed by atoms with Crippen LogP contribution in [0.15, 0.2) is 0 Å². The van der Waals surface area contributed by atoms with Gasteiger partial charge in [-0.15, -0.1) is 0 Å². The minimum absolute atomic E-state index is 0.0275. The normalized spacial score (nSPS) is 13.4. The fourth-order valence-electron chi connectivity index (χ4n) is 1.45. The van der Waals surface area contributed by atoms with Crippen LogP contribution in [-0.4, -0.2) is 25.7 Å². The van der Waals surface area contributed by atoms with Crippen molar-refractivity contribution in [3.05, 3.63) is 0 Å². The summed E-state index contributed by atoms with van der Waals surface area (Å²) >= 11 is 11.3. The summed E-state index contributed by atoms with van der Waals surface area (Å²) < 4.78 is 1.77. The molecule has 0 unspecified atom stereocenters. The Morgan fingerprint density at radius 1 is 0.684 bits per heavy atom. The fourth-order valence-corrected chi connectivity index (χ4v) is 6.73. The van der Waals surface area contributed by atoms with Crippen molar-refractivity contribution in [3.63, 3.8) is 0 Å². The second-order valence-electron chi connectivity index (χ2n) is 7.87. The number of hydrogen-bond donors (Lipinski definition) is 2. The molecular formula is C14H29N2PS2. The van der Waals surface area contributed by atoms with Gasteiger partial charge in [0.05, 0.1) is 0 Å². The van der Waals surface area contributed by atoms with Crippen LogP contribution in [0, 0.1) is 0 Å². The van der Waals surface area contributed by atoms with Crippen molar-refractivity contribution < 1.29 is 0 Å². The smallest absolute Gasteiger partial charge is 0.106 e. The molecule has 0 fully saturated rings. The predicted molar refractivity (Wildman–Crippen MR) is 97.6 cm³/mol. The van der Waals surface area contributed by atoms with Crippen LogP contribution in [0.5, 0.6) is 0 Å². The molecule has 0 aliphatic rings. The van der Waals surface area contributed by atoms with Gasteiger partial charge < -0.3 is 10.6 Å². The fraction of sp³-hybridized carbons (Fsp3) is 0.857. The Bertz CT molecular complexity index is 318. The summed E-state index contributed by atoms with van der Waals surface area (Å²) in [5.41, 5.74) is -0.0550. The zero-order valence-corrected chi connectivity index (χ0v) is 16.3. The molecule has 0 spiro atoms. The maximum Gasteiger partial charge on any atom is 0.106 e. The molecule has 0 rings (SSSR count). The molecule has 0 heterocycles. The zero-order valence-electron chi connectivity index (χ0n) is 13.8. The molecule has 2 N–H and O–H groups in total. The average molecular weight is 321 g/mol. The van der Waals surface area contributed by atoms with Crippen LogP contribution in [0.3, 0.4) is 0 Å². The van der Waals surface area contributed by atoms with E-state index in [9.17, 15) is 0 Å². The Labute approximate surface area is 131 Å². The molecule has 0 saturated carbocycles. The lowest BCUT2D eigenvalue weighted by molar-refractivity contribution is 0.516. The van der Waals surface area contributed by atoms with Crippen molar-refractivity contribution in [1.82, 2.24) is 10.6 Å². The van der Waals surface area contributed by atoms with E-state index < -0.39 is 7.92 Å². The lowest BCUT2D eigenvalue weighted by Gasteiger charge is -2.37. The average Bonchev–Trinajstić information content (AvgIpc) is 1.90. The van der Waals surface area contributed by atoms with Crippen molar-refractivity contribution >= 4 is 41.8 Å². The van der Waals surface area contributed by atoms with Crippen LogP contribution in [0.2, 0.25) is 0 Å². The van der Waals surface area contributed by atoms with Gasteiger partial charge in [-0.1, -0.05) is 45.2 Å². The van der Waals surface area contributed by atoms with Crippen molar-refractivity contribution in [2.75, 3.05) is 0 Å². The maximum absolute atomic E-state index is 5.63. The van der Waals surface area contributed by atoms with E-state index in [2.05, 4.69) is 72.9 Å². The van der Waals surface area contributed by atoms with Crippen molar-refractivity contribution in [2.24, 2.45) is 0 Å². The summed E-state index contributed by atoms with van der Waals surface area (Å²) in [5.74, 6) is 0. The molecule has 0 saturated heterocycles. The Kier molecular flexibility index (Phi) is 6.39. The third-order valence-electron chi connectivity index (χ3n) is 2.04. The van der Waals surface area contributed by atoms with E-state index in [1.807, 2.05) is 0 Å². The third kappa shape index (κ3) is 8.16. The van der Waals surface area contributed by atoms with Crippen molar-refractivity contribution in [1.29, 1.82) is 0 Å². The Morgan fingerprint density at radius 2 is 0.947 bits per heavy atom. The number of nitrogens with one attached hydrogen (secondary N) is 2. The first-order valence-electron chi connectivity index (χ1n) is 6.58. The number of hydrogen-bond acceptors (Lipinski definition) is 2. The highest BCUT2D eigenvalue weighted by atomic mass is 32.1. The molecule has 5 heteroatoms. The molecule has 0 aliphatic heterocycles. The summed E-state index contributed by atoms with van der Waals surface area (Å²) in [5, 5.41) is 6.91. The highest BCUT2D eigenvalue weighted by molar-refractivity contribution is 8.13. The molecule has 19 heavy (non-hydrogen) atoms. The maximum atomic E-state index is 5.63. The van der Waals surface area contributed by atoms with Crippen LogP contribution < -0.4 is 10.6 Å². The molecule has 2 nitrogen and oxygen atoms in total. The van der Waals surface area contributed by atoms with Gasteiger partial charge in [-0.3, -0.25) is 0 Å². The Morgan fingerprint density at radius 3 is 1.11 bits per heavy atom. The topological polar surface area (TPSA) is 24.1 Å². The Hall–Kier alpha value is 0.210. The van der Waals surface area contributed by atoms with E-state index in [-0.39, 0.29) is 16.2 Å². The minimum Gasteiger partial charge on any atom is -0.371 e. The quantitative estimate of drug-likeness (QED) is 0.573. The first kappa shape index (κ1) is 19.2. The van der Waals surface area contributed by atoms with Gasteiger partial charge in [0.25, 0.3) is 0 Å². The van der Waals surface area contributed by atoms with Crippen LogP contribution in [0.4, 0.5) is 0 Å². The van der Waals surface area contributed by atoms with Crippen molar-refractivity contribution in [2.45, 2.75) is 78.5 Å². The van der Waals surface area contributed by atoms with Gasteiger partial charge in [-0.25, -0.2) is 0 Å². The van der Waals surface area contributed by atoms with Gasteiger partial charge in [-0.05, 0) is 46.7 Å². The highest BCUT2D eigenvalue weighted by Gasteiger charge is 2.34. The van der Waals surface area contributed by atoms with E-state index in [1.165, 1.54) is 0 Å². The van der Waals surface area contributed by atoms with E-state index >= 15 is 0 Å². The monoisotopic (exact) mass is 320 g/mol. The van der Waals surface area contributed by atoms with Crippen LogP contribution in [0.25, 0.3) is 0 Å². The van der Waals surface area contributed by atoms with Gasteiger partial charge in [0.2, 0.25) is 0 Å². The molecule has 0 amide bonds. The van der Waals surface area contributed by atoms with Crippen LogP contribution in [-0.2, 0) is 0 Å². The molecule has 0 bridgehead atoms. The number of thiocarbonyl (C=S) groups is 2. The highest BCUT2D eigenvalue weighted by Crippen LogP contribution is 2.51.